The first-order valence-corrected chi connectivity index (χ1v) is 3.73. The third-order valence-electron chi connectivity index (χ3n) is 1.20. The lowest BCUT2D eigenvalue weighted by Crippen LogP contribution is -2.30. The lowest BCUT2D eigenvalue weighted by Gasteiger charge is -2.16. The minimum Gasteiger partial charge on any atom is -0.412 e. The minimum atomic E-state index is 0. The zero-order valence-corrected chi connectivity index (χ0v) is 6.89. The Bertz CT molecular complexity index is 53.6. The molecule has 0 aromatic rings. The van der Waals surface area contributed by atoms with Crippen LogP contribution in [0.4, 0.5) is 0 Å². The second kappa shape index (κ2) is 8.88. The van der Waals surface area contributed by atoms with Crippen LogP contribution in [0.3, 0.4) is 0 Å². The van der Waals surface area contributed by atoms with E-state index < -0.39 is 0 Å². The summed E-state index contributed by atoms with van der Waals surface area (Å²) in [6, 6.07) is 0.314. The molecule has 0 spiro atoms. The Kier molecular flexibility index (Phi) is 11.1. The molecule has 3 heteroatoms. The summed E-state index contributed by atoms with van der Waals surface area (Å²) in [4.78, 5) is 0. The predicted molar refractivity (Wildman–Crippen MR) is 43.0 cm³/mol. The van der Waals surface area contributed by atoms with E-state index in [2.05, 4.69) is 0 Å². The van der Waals surface area contributed by atoms with Gasteiger partial charge in [-0.3, -0.25) is 0 Å². The van der Waals surface area contributed by atoms with E-state index in [-0.39, 0.29) is 5.48 Å². The quantitative estimate of drug-likeness (QED) is 0.539. The van der Waals surface area contributed by atoms with Crippen LogP contribution in [0.5, 0.6) is 0 Å². The van der Waals surface area contributed by atoms with Crippen LogP contribution < -0.4 is 5.73 Å². The highest BCUT2D eigenvalue weighted by molar-refractivity contribution is 4.63. The topological polar surface area (TPSA) is 66.8 Å². The summed E-state index contributed by atoms with van der Waals surface area (Å²) in [6.45, 7) is 5.67. The fourth-order valence-corrected chi connectivity index (χ4v) is 0.766. The summed E-state index contributed by atoms with van der Waals surface area (Å²) >= 11 is 0. The Morgan fingerprint density at radius 3 is 2.20 bits per heavy atom. The van der Waals surface area contributed by atoms with E-state index in [4.69, 9.17) is 10.5 Å². The molecule has 0 saturated carbocycles. The van der Waals surface area contributed by atoms with Crippen LogP contribution >= 0.6 is 0 Å². The molecule has 0 aromatic heterocycles. The average Bonchev–Trinajstić information content (AvgIpc) is 1.94. The third kappa shape index (κ3) is 6.01. The van der Waals surface area contributed by atoms with Gasteiger partial charge in [0.2, 0.25) is 0 Å². The largest absolute Gasteiger partial charge is 0.412 e. The predicted octanol–water partition coefficient (Wildman–Crippen LogP) is 0.326. The van der Waals surface area contributed by atoms with Crippen LogP contribution in [0.25, 0.3) is 0 Å². The molecular weight excluding hydrogens is 130 g/mol. The molecular formula is C7H19NO2. The first kappa shape index (κ1) is 12.5. The Morgan fingerprint density at radius 1 is 1.40 bits per heavy atom. The van der Waals surface area contributed by atoms with E-state index in [0.29, 0.717) is 6.04 Å². The molecule has 0 aromatic carbocycles. The smallest absolute Gasteiger partial charge is 0.0617 e. The molecule has 1 saturated heterocycles. The number of nitrogens with two attached hydrogens (primary N) is 1. The summed E-state index contributed by atoms with van der Waals surface area (Å²) in [7, 11) is 0. The normalized spacial score (nSPS) is 23.7. The van der Waals surface area contributed by atoms with Gasteiger partial charge < -0.3 is 15.9 Å². The van der Waals surface area contributed by atoms with Crippen molar-refractivity contribution in [2.75, 3.05) is 13.2 Å². The first-order chi connectivity index (χ1) is 4.39. The lowest BCUT2D eigenvalue weighted by molar-refractivity contribution is 0.0822. The molecule has 64 valence electrons. The highest BCUT2D eigenvalue weighted by Crippen LogP contribution is 2.01. The maximum Gasteiger partial charge on any atom is 0.0617 e. The molecule has 0 aliphatic carbocycles. The van der Waals surface area contributed by atoms with Crippen molar-refractivity contribution in [3.8, 4) is 0 Å². The fraction of sp³-hybridized carbons (Fsp3) is 1.00. The van der Waals surface area contributed by atoms with E-state index in [9.17, 15) is 0 Å². The third-order valence-corrected chi connectivity index (χ3v) is 1.20. The van der Waals surface area contributed by atoms with Crippen LogP contribution in [0, 0.1) is 0 Å². The van der Waals surface area contributed by atoms with E-state index >= 15 is 0 Å². The van der Waals surface area contributed by atoms with Gasteiger partial charge in [0.25, 0.3) is 0 Å². The Hall–Kier alpha value is -0.120. The van der Waals surface area contributed by atoms with Gasteiger partial charge in [0.15, 0.2) is 0 Å². The highest BCUT2D eigenvalue weighted by atomic mass is 16.5. The average molecular weight is 149 g/mol. The van der Waals surface area contributed by atoms with Gasteiger partial charge in [0, 0.05) is 12.6 Å². The molecule has 1 aliphatic heterocycles. The Labute approximate surface area is 62.9 Å². The molecule has 1 aliphatic rings. The minimum absolute atomic E-state index is 0. The highest BCUT2D eigenvalue weighted by Gasteiger charge is 2.06. The van der Waals surface area contributed by atoms with Crippen molar-refractivity contribution in [3.63, 3.8) is 0 Å². The van der Waals surface area contributed by atoms with Crippen LogP contribution in [0.15, 0.2) is 0 Å². The molecule has 1 fully saturated rings. The Balaban J connectivity index is 0. The fourth-order valence-electron chi connectivity index (χ4n) is 0.766. The number of hydrogen-bond donors (Lipinski definition) is 1. The maximum absolute atomic E-state index is 5.51. The van der Waals surface area contributed by atoms with Crippen molar-refractivity contribution in [3.05, 3.63) is 0 Å². The molecule has 1 atom stereocenters. The van der Waals surface area contributed by atoms with Crippen molar-refractivity contribution < 1.29 is 10.2 Å². The van der Waals surface area contributed by atoms with Crippen LogP contribution in [-0.2, 0) is 4.74 Å². The maximum atomic E-state index is 5.51. The van der Waals surface area contributed by atoms with Gasteiger partial charge in [-0.15, -0.1) is 0 Å². The molecule has 1 heterocycles. The molecule has 0 bridgehead atoms. The van der Waals surface area contributed by atoms with Crippen molar-refractivity contribution in [2.24, 2.45) is 5.73 Å². The number of hydrogen-bond acceptors (Lipinski definition) is 2. The molecule has 4 N–H and O–H groups in total. The summed E-state index contributed by atoms with van der Waals surface area (Å²) in [5.74, 6) is 0. The molecule has 10 heavy (non-hydrogen) atoms. The zero-order valence-electron chi connectivity index (χ0n) is 6.89. The van der Waals surface area contributed by atoms with Crippen LogP contribution in [-0.4, -0.2) is 24.7 Å². The van der Waals surface area contributed by atoms with Gasteiger partial charge in [-0.25, -0.2) is 0 Å². The van der Waals surface area contributed by atoms with Gasteiger partial charge in [0.05, 0.1) is 6.61 Å². The SMILES string of the molecule is CC.NC1CCCOC1.O. The van der Waals surface area contributed by atoms with E-state index in [1.807, 2.05) is 13.8 Å². The van der Waals surface area contributed by atoms with Crippen LogP contribution in [0.2, 0.25) is 0 Å². The molecule has 1 rings (SSSR count). The molecule has 0 radical (unpaired) electrons. The first-order valence-electron chi connectivity index (χ1n) is 3.73. The summed E-state index contributed by atoms with van der Waals surface area (Å²) in [5.41, 5.74) is 5.51. The monoisotopic (exact) mass is 149 g/mol. The molecule has 1 unspecified atom stereocenters. The van der Waals surface area contributed by atoms with E-state index in [1.165, 1.54) is 0 Å². The van der Waals surface area contributed by atoms with Gasteiger partial charge in [-0.2, -0.15) is 0 Å². The second-order valence-electron chi connectivity index (χ2n) is 1.98. The molecule has 3 nitrogen and oxygen atoms in total. The second-order valence-corrected chi connectivity index (χ2v) is 1.98. The van der Waals surface area contributed by atoms with E-state index in [1.54, 1.807) is 0 Å². The van der Waals surface area contributed by atoms with Crippen molar-refractivity contribution >= 4 is 0 Å². The van der Waals surface area contributed by atoms with Crippen molar-refractivity contribution in [2.45, 2.75) is 32.7 Å². The zero-order chi connectivity index (χ0) is 7.11. The summed E-state index contributed by atoms with van der Waals surface area (Å²) < 4.78 is 5.06. The van der Waals surface area contributed by atoms with E-state index in [0.717, 1.165) is 26.1 Å². The number of rotatable bonds is 0. The van der Waals surface area contributed by atoms with Gasteiger partial charge in [0.1, 0.15) is 0 Å². The van der Waals surface area contributed by atoms with Crippen molar-refractivity contribution in [1.29, 1.82) is 0 Å². The summed E-state index contributed by atoms with van der Waals surface area (Å²) in [6.07, 6.45) is 2.28. The van der Waals surface area contributed by atoms with Gasteiger partial charge >= 0.3 is 0 Å². The Morgan fingerprint density at radius 2 is 2.00 bits per heavy atom. The van der Waals surface area contributed by atoms with Crippen LogP contribution in [0.1, 0.15) is 26.7 Å². The lowest BCUT2D eigenvalue weighted by atomic mass is 10.1. The van der Waals surface area contributed by atoms with Gasteiger partial charge in [-0.1, -0.05) is 13.8 Å². The van der Waals surface area contributed by atoms with Gasteiger partial charge in [-0.05, 0) is 12.8 Å². The van der Waals surface area contributed by atoms with Crippen molar-refractivity contribution in [1.82, 2.24) is 0 Å². The number of ether oxygens (including phenoxy) is 1. The standard InChI is InChI=1S/C5H11NO.C2H6.H2O/c6-5-2-1-3-7-4-5;1-2;/h5H,1-4,6H2;1-2H3;1H2. The molecule has 0 amide bonds. The summed E-state index contributed by atoms with van der Waals surface area (Å²) in [5, 5.41) is 0.